The molecule has 0 aliphatic carbocycles. The van der Waals surface area contributed by atoms with Gasteiger partial charge in [-0.25, -0.2) is 8.42 Å². The van der Waals surface area contributed by atoms with E-state index >= 15 is 0 Å². The van der Waals surface area contributed by atoms with Crippen molar-refractivity contribution in [1.29, 1.82) is 0 Å². The second-order valence-corrected chi connectivity index (χ2v) is 7.71. The molecular weight excluding hydrogens is 316 g/mol. The smallest absolute Gasteiger partial charge is 0.263 e. The van der Waals surface area contributed by atoms with Crippen molar-refractivity contribution >= 4 is 38.6 Å². The number of anilines is 1. The normalized spacial score (nSPS) is 11.6. The zero-order valence-corrected chi connectivity index (χ0v) is 13.5. The van der Waals surface area contributed by atoms with E-state index in [0.29, 0.717) is 22.2 Å². The van der Waals surface area contributed by atoms with E-state index in [4.69, 9.17) is 11.6 Å². The molecule has 1 aromatic carbocycles. The summed E-state index contributed by atoms with van der Waals surface area (Å²) in [5, 5.41) is 3.50. The summed E-state index contributed by atoms with van der Waals surface area (Å²) in [5.74, 6) is 0. The van der Waals surface area contributed by atoms with Crippen LogP contribution in [0.5, 0.6) is 0 Å². The van der Waals surface area contributed by atoms with Gasteiger partial charge < -0.3 is 5.32 Å². The summed E-state index contributed by atoms with van der Waals surface area (Å²) in [4.78, 5) is 2.06. The van der Waals surface area contributed by atoms with Gasteiger partial charge in [0.2, 0.25) is 0 Å². The Morgan fingerprint density at radius 3 is 2.70 bits per heavy atom. The lowest BCUT2D eigenvalue weighted by Gasteiger charge is -2.07. The molecule has 4 nitrogen and oxygen atoms in total. The van der Waals surface area contributed by atoms with E-state index in [9.17, 15) is 8.42 Å². The third-order valence-corrected chi connectivity index (χ3v) is 5.56. The zero-order valence-electron chi connectivity index (χ0n) is 11.1. The highest BCUT2D eigenvalue weighted by molar-refractivity contribution is 7.93. The summed E-state index contributed by atoms with van der Waals surface area (Å²) < 4.78 is 27.3. The van der Waals surface area contributed by atoms with E-state index in [2.05, 4.69) is 10.0 Å². The van der Waals surface area contributed by atoms with Crippen LogP contribution in [0.3, 0.4) is 0 Å². The van der Waals surface area contributed by atoms with Crippen molar-refractivity contribution in [2.45, 2.75) is 18.4 Å². The highest BCUT2D eigenvalue weighted by Gasteiger charge is 2.20. The van der Waals surface area contributed by atoms with Gasteiger partial charge in [-0.1, -0.05) is 17.7 Å². The van der Waals surface area contributed by atoms with Crippen LogP contribution in [0.1, 0.15) is 9.75 Å². The van der Waals surface area contributed by atoms with Crippen molar-refractivity contribution < 1.29 is 8.42 Å². The Labute approximate surface area is 127 Å². The van der Waals surface area contributed by atoms with Crippen molar-refractivity contribution in [2.24, 2.45) is 0 Å². The second-order valence-electron chi connectivity index (χ2n) is 4.28. The molecular formula is C13H15ClN2O2S2. The third-order valence-electron chi connectivity index (χ3n) is 2.64. The zero-order chi connectivity index (χ0) is 14.8. The Balaban J connectivity index is 2.30. The average molecular weight is 331 g/mol. The maximum Gasteiger partial charge on any atom is 0.263 e. The molecule has 0 spiro atoms. The van der Waals surface area contributed by atoms with Gasteiger partial charge in [0.15, 0.2) is 0 Å². The van der Waals surface area contributed by atoms with E-state index in [1.807, 2.05) is 7.05 Å². The number of halogens is 1. The van der Waals surface area contributed by atoms with Crippen molar-refractivity contribution in [3.8, 4) is 0 Å². The Hall–Kier alpha value is -1.08. The minimum Gasteiger partial charge on any atom is -0.315 e. The fraction of sp³-hybridized carbons (Fsp3) is 0.231. The molecule has 0 aliphatic heterocycles. The predicted octanol–water partition coefficient (Wildman–Crippen LogP) is 3.23. The SMILES string of the molecule is CNCc1cc(S(=O)(=O)Nc2cccc(Cl)c2)c(C)s1. The fourth-order valence-corrected chi connectivity index (χ4v) is 4.70. The van der Waals surface area contributed by atoms with Gasteiger partial charge in [0.25, 0.3) is 10.0 Å². The molecule has 108 valence electrons. The maximum absolute atomic E-state index is 12.4. The van der Waals surface area contributed by atoms with Crippen LogP contribution in [0.2, 0.25) is 5.02 Å². The van der Waals surface area contributed by atoms with Crippen LogP contribution in [-0.4, -0.2) is 15.5 Å². The molecule has 2 aromatic rings. The van der Waals surface area contributed by atoms with E-state index in [0.717, 1.165) is 9.75 Å². The van der Waals surface area contributed by atoms with Crippen molar-refractivity contribution in [3.63, 3.8) is 0 Å². The molecule has 0 saturated carbocycles. The molecule has 0 amide bonds. The molecule has 0 bridgehead atoms. The summed E-state index contributed by atoms with van der Waals surface area (Å²) in [6, 6.07) is 8.34. The van der Waals surface area contributed by atoms with Crippen LogP contribution in [-0.2, 0) is 16.6 Å². The number of hydrogen-bond acceptors (Lipinski definition) is 4. The van der Waals surface area contributed by atoms with Gasteiger partial charge in [-0.3, -0.25) is 4.72 Å². The van der Waals surface area contributed by atoms with Crippen LogP contribution in [0.15, 0.2) is 35.2 Å². The molecule has 0 saturated heterocycles. The van der Waals surface area contributed by atoms with Crippen molar-refractivity contribution in [3.05, 3.63) is 45.1 Å². The highest BCUT2D eigenvalue weighted by Crippen LogP contribution is 2.27. The summed E-state index contributed by atoms with van der Waals surface area (Å²) in [5.41, 5.74) is 0.457. The molecule has 0 atom stereocenters. The minimum absolute atomic E-state index is 0.313. The van der Waals surface area contributed by atoms with Crippen molar-refractivity contribution in [1.82, 2.24) is 5.32 Å². The van der Waals surface area contributed by atoms with Gasteiger partial charge >= 0.3 is 0 Å². The Kier molecular flexibility index (Phi) is 4.70. The third kappa shape index (κ3) is 3.52. The summed E-state index contributed by atoms with van der Waals surface area (Å²) in [7, 11) is -1.76. The Morgan fingerprint density at radius 2 is 2.05 bits per heavy atom. The molecule has 0 unspecified atom stereocenters. The molecule has 7 heteroatoms. The minimum atomic E-state index is -3.58. The first-order chi connectivity index (χ1) is 9.42. The van der Waals surface area contributed by atoms with Crippen molar-refractivity contribution in [2.75, 3.05) is 11.8 Å². The molecule has 1 heterocycles. The lowest BCUT2D eigenvalue weighted by atomic mass is 10.3. The molecule has 0 fully saturated rings. The van der Waals surface area contributed by atoms with E-state index in [1.165, 1.54) is 11.3 Å². The molecule has 2 N–H and O–H groups in total. The molecule has 0 aliphatic rings. The van der Waals surface area contributed by atoms with E-state index < -0.39 is 10.0 Å². The summed E-state index contributed by atoms with van der Waals surface area (Å²) in [6.45, 7) is 2.45. The topological polar surface area (TPSA) is 58.2 Å². The number of sulfonamides is 1. The molecule has 1 aromatic heterocycles. The Morgan fingerprint density at radius 1 is 1.30 bits per heavy atom. The first-order valence-electron chi connectivity index (χ1n) is 5.94. The predicted molar refractivity (Wildman–Crippen MR) is 84.1 cm³/mol. The van der Waals surface area contributed by atoms with Gasteiger partial charge in [-0.15, -0.1) is 11.3 Å². The monoisotopic (exact) mass is 330 g/mol. The first-order valence-corrected chi connectivity index (χ1v) is 8.62. The fourth-order valence-electron chi connectivity index (χ4n) is 1.81. The van der Waals surface area contributed by atoms with Gasteiger partial charge in [0, 0.05) is 21.3 Å². The van der Waals surface area contributed by atoms with E-state index in [1.54, 1.807) is 37.3 Å². The lowest BCUT2D eigenvalue weighted by molar-refractivity contribution is 0.601. The standard InChI is InChI=1S/C13H15ClN2O2S2/c1-9-13(7-12(19-9)8-15-2)20(17,18)16-11-5-3-4-10(14)6-11/h3-7,15-16H,8H2,1-2H3. The van der Waals surface area contributed by atoms with Gasteiger partial charge in [0.1, 0.15) is 4.90 Å². The Bertz CT molecular complexity index is 711. The quantitative estimate of drug-likeness (QED) is 0.885. The number of nitrogens with one attached hydrogen (secondary N) is 2. The van der Waals surface area contributed by atoms with Crippen LogP contribution in [0.4, 0.5) is 5.69 Å². The number of aryl methyl sites for hydroxylation is 1. The number of benzene rings is 1. The average Bonchev–Trinajstić information content (AvgIpc) is 2.71. The van der Waals surface area contributed by atoms with Crippen LogP contribution < -0.4 is 10.0 Å². The lowest BCUT2D eigenvalue weighted by Crippen LogP contribution is -2.13. The van der Waals surface area contributed by atoms with Gasteiger partial charge in [-0.2, -0.15) is 0 Å². The first kappa shape index (κ1) is 15.3. The van der Waals surface area contributed by atoms with Crippen LogP contribution in [0.25, 0.3) is 0 Å². The largest absolute Gasteiger partial charge is 0.315 e. The molecule has 0 radical (unpaired) electrons. The van der Waals surface area contributed by atoms with Crippen LogP contribution >= 0.6 is 22.9 Å². The van der Waals surface area contributed by atoms with Gasteiger partial charge in [0.05, 0.1) is 5.69 Å². The number of rotatable bonds is 5. The number of hydrogen-bond donors (Lipinski definition) is 2. The highest BCUT2D eigenvalue weighted by atomic mass is 35.5. The van der Waals surface area contributed by atoms with E-state index in [-0.39, 0.29) is 0 Å². The molecule has 20 heavy (non-hydrogen) atoms. The number of thiophene rings is 1. The summed E-state index contributed by atoms with van der Waals surface area (Å²) >= 11 is 7.33. The van der Waals surface area contributed by atoms with Crippen LogP contribution in [0, 0.1) is 6.92 Å². The molecule has 2 rings (SSSR count). The second kappa shape index (κ2) is 6.13. The maximum atomic E-state index is 12.4. The summed E-state index contributed by atoms with van der Waals surface area (Å²) in [6.07, 6.45) is 0. The van der Waals surface area contributed by atoms with Gasteiger partial charge in [-0.05, 0) is 38.2 Å².